The van der Waals surface area contributed by atoms with Crippen LogP contribution in [0.4, 0.5) is 11.4 Å². The molecular weight excluding hydrogens is 368 g/mol. The van der Waals surface area contributed by atoms with Crippen LogP contribution in [0, 0.1) is 13.8 Å². The zero-order chi connectivity index (χ0) is 19.6. The third-order valence-electron chi connectivity index (χ3n) is 4.76. The van der Waals surface area contributed by atoms with Crippen molar-refractivity contribution in [2.75, 3.05) is 29.9 Å². The molecule has 0 saturated carbocycles. The maximum Gasteiger partial charge on any atom is 0.239 e. The number of halogens is 1. The Morgan fingerprint density at radius 1 is 1.44 bits per heavy atom. The lowest BCUT2D eigenvalue weighted by molar-refractivity contribution is -0.120. The van der Waals surface area contributed by atoms with E-state index in [9.17, 15) is 9.59 Å². The summed E-state index contributed by atoms with van der Waals surface area (Å²) in [5.74, 6) is 0.153. The van der Waals surface area contributed by atoms with E-state index < -0.39 is 0 Å². The number of anilines is 2. The van der Waals surface area contributed by atoms with Gasteiger partial charge in [0.15, 0.2) is 0 Å². The summed E-state index contributed by atoms with van der Waals surface area (Å²) in [4.78, 5) is 26.3. The first kappa shape index (κ1) is 19.2. The van der Waals surface area contributed by atoms with Crippen molar-refractivity contribution in [2.45, 2.75) is 33.1 Å². The van der Waals surface area contributed by atoms with Crippen LogP contribution in [0.5, 0.6) is 0 Å². The molecule has 2 amide bonds. The highest BCUT2D eigenvalue weighted by molar-refractivity contribution is 6.33. The van der Waals surface area contributed by atoms with Crippen LogP contribution in [0.1, 0.15) is 36.3 Å². The number of benzene rings is 1. The Bertz CT molecular complexity index is 845. The molecule has 2 N–H and O–H groups in total. The molecule has 1 aliphatic heterocycles. The minimum absolute atomic E-state index is 0.0278. The lowest BCUT2D eigenvalue weighted by atomic mass is 9.94. The summed E-state index contributed by atoms with van der Waals surface area (Å²) in [6, 6.07) is 5.33. The number of carbonyl (C=O) groups excluding carboxylic acids is 2. The minimum atomic E-state index is -0.347. The van der Waals surface area contributed by atoms with E-state index in [4.69, 9.17) is 16.1 Å². The number of amides is 2. The van der Waals surface area contributed by atoms with Crippen molar-refractivity contribution in [3.63, 3.8) is 0 Å². The first-order valence-corrected chi connectivity index (χ1v) is 9.33. The van der Waals surface area contributed by atoms with Gasteiger partial charge in [-0.05, 0) is 38.5 Å². The molecule has 2 heterocycles. The molecule has 8 heteroatoms. The topological polar surface area (TPSA) is 87.5 Å². The Morgan fingerprint density at radius 2 is 2.22 bits per heavy atom. The molecule has 1 fully saturated rings. The van der Waals surface area contributed by atoms with Gasteiger partial charge in [0.1, 0.15) is 5.76 Å². The molecule has 0 unspecified atom stereocenters. The lowest BCUT2D eigenvalue weighted by Crippen LogP contribution is -2.47. The molecule has 1 aliphatic rings. The van der Waals surface area contributed by atoms with E-state index in [0.717, 1.165) is 16.9 Å². The molecule has 0 spiro atoms. The van der Waals surface area contributed by atoms with Crippen molar-refractivity contribution >= 4 is 34.8 Å². The largest absolute Gasteiger partial charge is 0.361 e. The van der Waals surface area contributed by atoms with Crippen LogP contribution in [0.15, 0.2) is 22.7 Å². The Labute approximate surface area is 163 Å². The summed E-state index contributed by atoms with van der Waals surface area (Å²) >= 11 is 6.41. The molecule has 1 aromatic heterocycles. The molecule has 1 atom stereocenters. The Hall–Kier alpha value is -2.54. The normalized spacial score (nSPS) is 15.4. The van der Waals surface area contributed by atoms with Crippen molar-refractivity contribution in [1.82, 2.24) is 10.5 Å². The highest BCUT2D eigenvalue weighted by atomic mass is 35.5. The standard InChI is InChI=1S/C19H23ClN4O3/c1-4-14(18-11(2)23-27-12(18)3)19(26)22-13-5-6-16(15(20)9-13)24-8-7-21-17(25)10-24/h5-6,9,14H,4,7-8,10H2,1-3H3,(H,21,25)(H,22,26)/t14-/m1/s1. The summed E-state index contributed by atoms with van der Waals surface area (Å²) in [5, 5.41) is 10.1. The van der Waals surface area contributed by atoms with Gasteiger partial charge in [-0.2, -0.15) is 0 Å². The van der Waals surface area contributed by atoms with Crippen molar-refractivity contribution in [1.29, 1.82) is 0 Å². The fourth-order valence-corrected chi connectivity index (χ4v) is 3.72. The van der Waals surface area contributed by atoms with Crippen molar-refractivity contribution in [3.05, 3.63) is 40.2 Å². The van der Waals surface area contributed by atoms with Gasteiger partial charge < -0.3 is 20.1 Å². The molecule has 0 radical (unpaired) electrons. The van der Waals surface area contributed by atoms with Crippen LogP contribution in [-0.2, 0) is 9.59 Å². The first-order chi connectivity index (χ1) is 12.9. The van der Waals surface area contributed by atoms with Gasteiger partial charge in [-0.1, -0.05) is 23.7 Å². The Kier molecular flexibility index (Phi) is 5.70. The van der Waals surface area contributed by atoms with E-state index in [2.05, 4.69) is 15.8 Å². The van der Waals surface area contributed by atoms with E-state index in [1.807, 2.05) is 31.7 Å². The molecule has 7 nitrogen and oxygen atoms in total. The fourth-order valence-electron chi connectivity index (χ4n) is 3.42. The van der Waals surface area contributed by atoms with Crippen LogP contribution < -0.4 is 15.5 Å². The van der Waals surface area contributed by atoms with Crippen LogP contribution in [-0.4, -0.2) is 36.6 Å². The van der Waals surface area contributed by atoms with Gasteiger partial charge >= 0.3 is 0 Å². The quantitative estimate of drug-likeness (QED) is 0.819. The van der Waals surface area contributed by atoms with Gasteiger partial charge in [-0.25, -0.2) is 0 Å². The SMILES string of the molecule is CC[C@@H](C(=O)Nc1ccc(N2CCNC(=O)C2)c(Cl)c1)c1c(C)noc1C. The molecule has 144 valence electrons. The molecule has 2 aromatic rings. The van der Waals surface area contributed by atoms with E-state index in [1.54, 1.807) is 12.1 Å². The number of hydrogen-bond donors (Lipinski definition) is 2. The van der Waals surface area contributed by atoms with E-state index >= 15 is 0 Å². The second-order valence-corrected chi connectivity index (χ2v) is 7.03. The number of nitrogens with one attached hydrogen (secondary N) is 2. The molecule has 27 heavy (non-hydrogen) atoms. The van der Waals surface area contributed by atoms with Gasteiger partial charge in [0.05, 0.1) is 28.9 Å². The van der Waals surface area contributed by atoms with Crippen LogP contribution in [0.25, 0.3) is 0 Å². The summed E-state index contributed by atoms with van der Waals surface area (Å²) < 4.78 is 5.20. The number of hydrogen-bond acceptors (Lipinski definition) is 5. The maximum atomic E-state index is 12.8. The van der Waals surface area contributed by atoms with Crippen LogP contribution in [0.2, 0.25) is 5.02 Å². The molecular formula is C19H23ClN4O3. The van der Waals surface area contributed by atoms with Gasteiger partial charge in [-0.3, -0.25) is 9.59 Å². The number of piperazine rings is 1. The number of carbonyl (C=O) groups is 2. The lowest BCUT2D eigenvalue weighted by Gasteiger charge is -2.29. The smallest absolute Gasteiger partial charge is 0.239 e. The number of aryl methyl sites for hydroxylation is 2. The number of aromatic nitrogens is 1. The second kappa shape index (κ2) is 8.00. The summed E-state index contributed by atoms with van der Waals surface area (Å²) in [6.45, 7) is 7.15. The monoisotopic (exact) mass is 390 g/mol. The number of nitrogens with zero attached hydrogens (tertiary/aromatic N) is 2. The fraction of sp³-hybridized carbons (Fsp3) is 0.421. The Balaban J connectivity index is 1.76. The predicted molar refractivity (Wildman–Crippen MR) is 104 cm³/mol. The van der Waals surface area contributed by atoms with Gasteiger partial charge in [0.2, 0.25) is 11.8 Å². The van der Waals surface area contributed by atoms with Gasteiger partial charge in [-0.15, -0.1) is 0 Å². The Morgan fingerprint density at radius 3 is 2.81 bits per heavy atom. The van der Waals surface area contributed by atoms with E-state index in [-0.39, 0.29) is 24.3 Å². The maximum absolute atomic E-state index is 12.8. The predicted octanol–water partition coefficient (Wildman–Crippen LogP) is 3.01. The van der Waals surface area contributed by atoms with Crippen LogP contribution >= 0.6 is 11.6 Å². The molecule has 1 saturated heterocycles. The molecule has 0 bridgehead atoms. The third kappa shape index (κ3) is 4.08. The van der Waals surface area contributed by atoms with Gasteiger partial charge in [0, 0.05) is 24.3 Å². The average Bonchev–Trinajstić information content (AvgIpc) is 2.95. The highest BCUT2D eigenvalue weighted by Gasteiger charge is 2.26. The first-order valence-electron chi connectivity index (χ1n) is 8.95. The minimum Gasteiger partial charge on any atom is -0.361 e. The van der Waals surface area contributed by atoms with Crippen molar-refractivity contribution < 1.29 is 14.1 Å². The van der Waals surface area contributed by atoms with Gasteiger partial charge in [0.25, 0.3) is 0 Å². The molecule has 1 aromatic carbocycles. The average molecular weight is 391 g/mol. The second-order valence-electron chi connectivity index (χ2n) is 6.63. The van der Waals surface area contributed by atoms with E-state index in [1.165, 1.54) is 0 Å². The van der Waals surface area contributed by atoms with E-state index in [0.29, 0.717) is 36.0 Å². The molecule has 0 aliphatic carbocycles. The zero-order valence-electron chi connectivity index (χ0n) is 15.6. The third-order valence-corrected chi connectivity index (χ3v) is 5.06. The van der Waals surface area contributed by atoms with Crippen molar-refractivity contribution in [2.24, 2.45) is 0 Å². The highest BCUT2D eigenvalue weighted by Crippen LogP contribution is 2.31. The summed E-state index contributed by atoms with van der Waals surface area (Å²) in [7, 11) is 0. The van der Waals surface area contributed by atoms with Crippen LogP contribution in [0.3, 0.4) is 0 Å². The van der Waals surface area contributed by atoms with Crippen molar-refractivity contribution in [3.8, 4) is 0 Å². The summed E-state index contributed by atoms with van der Waals surface area (Å²) in [6.07, 6.45) is 0.628. The molecule has 3 rings (SSSR count). The summed E-state index contributed by atoms with van der Waals surface area (Å²) in [5.41, 5.74) is 2.95. The number of rotatable bonds is 5. The zero-order valence-corrected chi connectivity index (χ0v) is 16.4.